The van der Waals surface area contributed by atoms with Gasteiger partial charge in [0.25, 0.3) is 0 Å². The highest BCUT2D eigenvalue weighted by Crippen LogP contribution is 2.18. The number of nitrogens with two attached hydrogens (primary N) is 1. The van der Waals surface area contributed by atoms with Gasteiger partial charge < -0.3 is 15.4 Å². The normalized spacial score (nSPS) is 15.2. The second kappa shape index (κ2) is 7.26. The third-order valence-electron chi connectivity index (χ3n) is 3.44. The molecule has 1 heterocycles. The van der Waals surface area contributed by atoms with Crippen molar-refractivity contribution in [2.75, 3.05) is 37.7 Å². The van der Waals surface area contributed by atoms with Gasteiger partial charge in [0.2, 0.25) is 0 Å². The number of morpholine rings is 1. The first-order valence-electron chi connectivity index (χ1n) is 7.19. The summed E-state index contributed by atoms with van der Waals surface area (Å²) in [5.74, 6) is 0. The van der Waals surface area contributed by atoms with Crippen LogP contribution >= 0.6 is 0 Å². The van der Waals surface area contributed by atoms with E-state index in [1.807, 2.05) is 34.1 Å². The van der Waals surface area contributed by atoms with Crippen molar-refractivity contribution in [1.82, 2.24) is 4.90 Å². The van der Waals surface area contributed by atoms with Gasteiger partial charge in [0.15, 0.2) is 0 Å². The molecule has 2 amide bonds. The van der Waals surface area contributed by atoms with Crippen molar-refractivity contribution in [1.29, 1.82) is 0 Å². The van der Waals surface area contributed by atoms with Gasteiger partial charge in [-0.05, 0) is 24.1 Å². The number of rotatable bonds is 4. The Labute approximate surface area is 120 Å². The number of hydrogen-bond acceptors (Lipinski definition) is 3. The largest absolute Gasteiger partial charge is 0.378 e. The van der Waals surface area contributed by atoms with Gasteiger partial charge in [0, 0.05) is 31.9 Å². The zero-order valence-electron chi connectivity index (χ0n) is 12.0. The van der Waals surface area contributed by atoms with Crippen LogP contribution < -0.4 is 10.6 Å². The molecule has 5 nitrogen and oxygen atoms in total. The molecule has 20 heavy (non-hydrogen) atoms. The zero-order chi connectivity index (χ0) is 14.4. The summed E-state index contributed by atoms with van der Waals surface area (Å²) in [6.07, 6.45) is 0.925. The van der Waals surface area contributed by atoms with Gasteiger partial charge in [-0.2, -0.15) is 0 Å². The molecule has 0 spiro atoms. The van der Waals surface area contributed by atoms with Crippen molar-refractivity contribution < 1.29 is 9.53 Å². The average Bonchev–Trinajstić information content (AvgIpc) is 2.53. The van der Waals surface area contributed by atoms with Gasteiger partial charge in [0.1, 0.15) is 0 Å². The summed E-state index contributed by atoms with van der Waals surface area (Å²) in [7, 11) is 0. The van der Waals surface area contributed by atoms with E-state index in [1.54, 1.807) is 0 Å². The van der Waals surface area contributed by atoms with Gasteiger partial charge in [0.05, 0.1) is 13.2 Å². The first kappa shape index (κ1) is 14.8. The second-order valence-corrected chi connectivity index (χ2v) is 4.90. The lowest BCUT2D eigenvalue weighted by Crippen LogP contribution is -2.48. The summed E-state index contributed by atoms with van der Waals surface area (Å²) in [4.78, 5) is 16.3. The summed E-state index contributed by atoms with van der Waals surface area (Å²) in [5.41, 5.74) is 7.61. The van der Waals surface area contributed by atoms with E-state index in [-0.39, 0.29) is 6.03 Å². The van der Waals surface area contributed by atoms with E-state index in [0.29, 0.717) is 32.8 Å². The highest BCUT2D eigenvalue weighted by atomic mass is 16.5. The molecule has 1 saturated heterocycles. The molecule has 0 aliphatic carbocycles. The predicted molar refractivity (Wildman–Crippen MR) is 79.8 cm³/mol. The quantitative estimate of drug-likeness (QED) is 0.913. The van der Waals surface area contributed by atoms with Crippen molar-refractivity contribution in [2.24, 2.45) is 5.73 Å². The van der Waals surface area contributed by atoms with Gasteiger partial charge in [-0.3, -0.25) is 4.90 Å². The molecule has 1 aromatic rings. The Balaban J connectivity index is 2.13. The average molecular weight is 277 g/mol. The zero-order valence-corrected chi connectivity index (χ0v) is 12.0. The molecule has 0 aromatic heterocycles. The number of amides is 2. The molecule has 0 radical (unpaired) electrons. The molecule has 0 bridgehead atoms. The number of carbonyl (C=O) groups is 1. The molecule has 110 valence electrons. The third-order valence-corrected chi connectivity index (χ3v) is 3.44. The summed E-state index contributed by atoms with van der Waals surface area (Å²) in [6.45, 7) is 5.90. The minimum atomic E-state index is 0.0654. The smallest absolute Gasteiger partial charge is 0.324 e. The van der Waals surface area contributed by atoms with E-state index in [0.717, 1.165) is 24.2 Å². The topological polar surface area (TPSA) is 58.8 Å². The molecule has 1 fully saturated rings. The summed E-state index contributed by atoms with van der Waals surface area (Å²) in [5, 5.41) is 0. The molecule has 0 saturated carbocycles. The number of nitrogens with zero attached hydrogens (tertiary/aromatic N) is 2. The van der Waals surface area contributed by atoms with Crippen LogP contribution in [0.2, 0.25) is 0 Å². The van der Waals surface area contributed by atoms with Crippen LogP contribution in [0.25, 0.3) is 0 Å². The number of ether oxygens (including phenoxy) is 1. The molecule has 2 rings (SSSR count). The lowest BCUT2D eigenvalue weighted by molar-refractivity contribution is 0.0548. The third kappa shape index (κ3) is 3.49. The fraction of sp³-hybridized carbons (Fsp3) is 0.533. The maximum Gasteiger partial charge on any atom is 0.324 e. The SMILES string of the molecule is CCCN(C(=O)N1CCOCC1)c1ccc(CN)cc1. The van der Waals surface area contributed by atoms with Gasteiger partial charge in [-0.15, -0.1) is 0 Å². The van der Waals surface area contributed by atoms with E-state index in [9.17, 15) is 4.79 Å². The highest BCUT2D eigenvalue weighted by Gasteiger charge is 2.23. The van der Waals surface area contributed by atoms with Crippen LogP contribution in [0.3, 0.4) is 0 Å². The van der Waals surface area contributed by atoms with Crippen molar-refractivity contribution in [2.45, 2.75) is 19.9 Å². The van der Waals surface area contributed by atoms with E-state index < -0.39 is 0 Å². The van der Waals surface area contributed by atoms with Crippen LogP contribution in [0.4, 0.5) is 10.5 Å². The Hall–Kier alpha value is -1.59. The van der Waals surface area contributed by atoms with Crippen LogP contribution in [0.15, 0.2) is 24.3 Å². The minimum Gasteiger partial charge on any atom is -0.378 e. The fourth-order valence-electron chi connectivity index (χ4n) is 2.30. The molecule has 2 N–H and O–H groups in total. The van der Waals surface area contributed by atoms with Crippen molar-refractivity contribution in [3.05, 3.63) is 29.8 Å². The molecule has 0 atom stereocenters. The van der Waals surface area contributed by atoms with E-state index in [1.165, 1.54) is 0 Å². The van der Waals surface area contributed by atoms with E-state index in [2.05, 4.69) is 6.92 Å². The number of anilines is 1. The fourth-order valence-corrected chi connectivity index (χ4v) is 2.30. The number of hydrogen-bond donors (Lipinski definition) is 1. The Morgan fingerprint density at radius 3 is 2.50 bits per heavy atom. The molecule has 1 aromatic carbocycles. The van der Waals surface area contributed by atoms with Gasteiger partial charge in [-0.25, -0.2) is 4.79 Å². The molecular formula is C15H23N3O2. The van der Waals surface area contributed by atoms with Crippen LogP contribution in [0.1, 0.15) is 18.9 Å². The first-order valence-corrected chi connectivity index (χ1v) is 7.19. The van der Waals surface area contributed by atoms with Crippen LogP contribution in [0.5, 0.6) is 0 Å². The van der Waals surface area contributed by atoms with Crippen molar-refractivity contribution in [3.8, 4) is 0 Å². The number of benzene rings is 1. The Kier molecular flexibility index (Phi) is 5.38. The number of carbonyl (C=O) groups excluding carboxylic acids is 1. The Bertz CT molecular complexity index is 427. The first-order chi connectivity index (χ1) is 9.76. The van der Waals surface area contributed by atoms with Crippen LogP contribution in [-0.4, -0.2) is 43.8 Å². The summed E-state index contributed by atoms with van der Waals surface area (Å²) < 4.78 is 5.30. The molecule has 5 heteroatoms. The van der Waals surface area contributed by atoms with E-state index in [4.69, 9.17) is 10.5 Å². The Morgan fingerprint density at radius 1 is 1.30 bits per heavy atom. The monoisotopic (exact) mass is 277 g/mol. The maximum absolute atomic E-state index is 12.6. The maximum atomic E-state index is 12.6. The van der Waals surface area contributed by atoms with Gasteiger partial charge >= 0.3 is 6.03 Å². The molecule has 1 aliphatic heterocycles. The lowest BCUT2D eigenvalue weighted by atomic mass is 10.2. The summed E-state index contributed by atoms with van der Waals surface area (Å²) in [6, 6.07) is 7.96. The molecular weight excluding hydrogens is 254 g/mol. The van der Waals surface area contributed by atoms with Crippen molar-refractivity contribution in [3.63, 3.8) is 0 Å². The second-order valence-electron chi connectivity index (χ2n) is 4.90. The highest BCUT2D eigenvalue weighted by molar-refractivity contribution is 5.92. The lowest BCUT2D eigenvalue weighted by Gasteiger charge is -2.33. The molecule has 1 aliphatic rings. The van der Waals surface area contributed by atoms with Crippen molar-refractivity contribution >= 4 is 11.7 Å². The molecule has 0 unspecified atom stereocenters. The van der Waals surface area contributed by atoms with Crippen LogP contribution in [-0.2, 0) is 11.3 Å². The standard InChI is InChI=1S/C15H23N3O2/c1-2-7-18(14-5-3-13(12-16)4-6-14)15(19)17-8-10-20-11-9-17/h3-6H,2,7-12,16H2,1H3. The number of urea groups is 1. The Morgan fingerprint density at radius 2 is 1.95 bits per heavy atom. The minimum absolute atomic E-state index is 0.0654. The van der Waals surface area contributed by atoms with Crippen LogP contribution in [0, 0.1) is 0 Å². The van der Waals surface area contributed by atoms with E-state index >= 15 is 0 Å². The summed E-state index contributed by atoms with van der Waals surface area (Å²) >= 11 is 0. The van der Waals surface area contributed by atoms with Gasteiger partial charge in [-0.1, -0.05) is 19.1 Å². The predicted octanol–water partition coefficient (Wildman–Crippen LogP) is 1.81.